The van der Waals surface area contributed by atoms with Crippen LogP contribution in [0.2, 0.25) is 0 Å². The molecule has 0 atom stereocenters. The lowest BCUT2D eigenvalue weighted by Gasteiger charge is -2.18. The third kappa shape index (κ3) is 1.59. The van der Waals surface area contributed by atoms with Crippen molar-refractivity contribution in [3.63, 3.8) is 0 Å². The number of H-pyrrole nitrogens is 1. The second-order valence-corrected chi connectivity index (χ2v) is 4.66. The average molecular weight is 199 g/mol. The molecule has 0 aromatic carbocycles. The van der Waals surface area contributed by atoms with Crippen LogP contribution in [0.4, 0.5) is 5.69 Å². The Morgan fingerprint density at radius 1 is 1.40 bits per heavy atom. The van der Waals surface area contributed by atoms with Crippen LogP contribution >= 0.6 is 0 Å². The summed E-state index contributed by atoms with van der Waals surface area (Å²) in [6.45, 7) is 13.5. The fourth-order valence-electron chi connectivity index (χ4n) is 1.49. The quantitative estimate of drug-likeness (QED) is 0.648. The third-order valence-corrected chi connectivity index (χ3v) is 2.50. The van der Waals surface area contributed by atoms with Crippen molar-refractivity contribution in [2.75, 3.05) is 0 Å². The van der Waals surface area contributed by atoms with Gasteiger partial charge >= 0.3 is 0 Å². The van der Waals surface area contributed by atoms with Crippen LogP contribution in [0.3, 0.4) is 0 Å². The molecule has 0 spiro atoms. The summed E-state index contributed by atoms with van der Waals surface area (Å²) in [7, 11) is 0. The van der Waals surface area contributed by atoms with E-state index in [2.05, 4.69) is 35.6 Å². The summed E-state index contributed by atoms with van der Waals surface area (Å²) in [5.41, 5.74) is 2.65. The number of pyridine rings is 1. The number of hydrogen-bond acceptors (Lipinski definition) is 1. The molecule has 0 saturated carbocycles. The summed E-state index contributed by atoms with van der Waals surface area (Å²) in [6, 6.07) is 2.05. The first-order valence-corrected chi connectivity index (χ1v) is 4.87. The molecule has 0 aliphatic rings. The lowest BCUT2D eigenvalue weighted by molar-refractivity contribution is 0.588. The first-order valence-electron chi connectivity index (χ1n) is 4.87. The number of aromatic nitrogens is 2. The molecule has 0 amide bonds. The number of aromatic amines is 1. The van der Waals surface area contributed by atoms with Crippen LogP contribution < -0.4 is 0 Å². The van der Waals surface area contributed by atoms with Crippen LogP contribution in [0.15, 0.2) is 18.5 Å². The molecule has 0 saturated heterocycles. The van der Waals surface area contributed by atoms with Gasteiger partial charge in [-0.1, -0.05) is 26.8 Å². The summed E-state index contributed by atoms with van der Waals surface area (Å²) >= 11 is 0. The van der Waals surface area contributed by atoms with E-state index in [0.29, 0.717) is 5.69 Å². The second kappa shape index (κ2) is 3.09. The van der Waals surface area contributed by atoms with Crippen molar-refractivity contribution in [3.8, 4) is 0 Å². The van der Waals surface area contributed by atoms with E-state index in [1.54, 1.807) is 6.20 Å². The normalized spacial score (nSPS) is 11.6. The van der Waals surface area contributed by atoms with Gasteiger partial charge in [-0.15, -0.1) is 0 Å². The predicted octanol–water partition coefficient (Wildman–Crippen LogP) is 3.41. The van der Waals surface area contributed by atoms with Gasteiger partial charge in [-0.25, -0.2) is 9.83 Å². The molecule has 2 aromatic heterocycles. The van der Waals surface area contributed by atoms with Gasteiger partial charge in [0.1, 0.15) is 5.65 Å². The maximum atomic E-state index is 7.05. The zero-order chi connectivity index (χ0) is 11.1. The Balaban J connectivity index is 2.69. The Kier molecular flexibility index (Phi) is 2.01. The van der Waals surface area contributed by atoms with Crippen LogP contribution in [0.1, 0.15) is 26.3 Å². The van der Waals surface area contributed by atoms with E-state index >= 15 is 0 Å². The fraction of sp³-hybridized carbons (Fsp3) is 0.333. The van der Waals surface area contributed by atoms with Gasteiger partial charge in [-0.05, 0) is 11.0 Å². The third-order valence-electron chi connectivity index (χ3n) is 2.50. The molecule has 0 radical (unpaired) electrons. The van der Waals surface area contributed by atoms with Crippen molar-refractivity contribution in [2.45, 2.75) is 26.2 Å². The molecule has 2 aromatic rings. The molecule has 2 rings (SSSR count). The summed E-state index contributed by atoms with van der Waals surface area (Å²) in [5, 5.41) is 0.914. The smallest absolute Gasteiger partial charge is 0.213 e. The maximum Gasteiger partial charge on any atom is 0.213 e. The van der Waals surface area contributed by atoms with Gasteiger partial charge in [-0.2, -0.15) is 0 Å². The lowest BCUT2D eigenvalue weighted by atomic mass is 9.88. The van der Waals surface area contributed by atoms with Crippen LogP contribution in [0.5, 0.6) is 0 Å². The average Bonchev–Trinajstić information content (AvgIpc) is 2.57. The van der Waals surface area contributed by atoms with Crippen LogP contribution in [0, 0.1) is 6.57 Å². The lowest BCUT2D eigenvalue weighted by Crippen LogP contribution is -2.11. The molecule has 0 bridgehead atoms. The van der Waals surface area contributed by atoms with E-state index in [9.17, 15) is 0 Å². The monoisotopic (exact) mass is 199 g/mol. The summed E-state index contributed by atoms with van der Waals surface area (Å²) in [5.74, 6) is 0. The minimum absolute atomic E-state index is 0.0672. The largest absolute Gasteiger partial charge is 0.357 e. The van der Waals surface area contributed by atoms with Gasteiger partial charge in [0.05, 0.1) is 6.57 Å². The molecular formula is C12H13N3. The summed E-state index contributed by atoms with van der Waals surface area (Å²) < 4.78 is 0. The Morgan fingerprint density at radius 2 is 2.13 bits per heavy atom. The van der Waals surface area contributed by atoms with E-state index in [0.717, 1.165) is 16.6 Å². The molecule has 0 aliphatic carbocycles. The van der Waals surface area contributed by atoms with Gasteiger partial charge in [-0.3, -0.25) is 0 Å². The molecule has 2 heterocycles. The molecule has 0 unspecified atom stereocenters. The highest BCUT2D eigenvalue weighted by molar-refractivity contribution is 5.90. The van der Waals surface area contributed by atoms with Crippen LogP contribution in [-0.2, 0) is 5.41 Å². The van der Waals surface area contributed by atoms with E-state index in [1.807, 2.05) is 12.3 Å². The molecule has 15 heavy (non-hydrogen) atoms. The fourth-order valence-corrected chi connectivity index (χ4v) is 1.49. The van der Waals surface area contributed by atoms with Gasteiger partial charge in [0, 0.05) is 17.8 Å². The zero-order valence-electron chi connectivity index (χ0n) is 9.13. The van der Waals surface area contributed by atoms with Gasteiger partial charge in [0.25, 0.3) is 0 Å². The Morgan fingerprint density at radius 3 is 2.73 bits per heavy atom. The highest BCUT2D eigenvalue weighted by atomic mass is 14.9. The van der Waals surface area contributed by atoms with Crippen molar-refractivity contribution < 1.29 is 0 Å². The Bertz CT molecular complexity index is 538. The molecule has 3 heteroatoms. The molecule has 3 nitrogen and oxygen atoms in total. The summed E-state index contributed by atoms with van der Waals surface area (Å²) in [4.78, 5) is 10.8. The number of fused-ring (bicyclic) bond motifs is 1. The summed E-state index contributed by atoms with van der Waals surface area (Å²) in [6.07, 6.45) is 3.57. The van der Waals surface area contributed by atoms with Crippen molar-refractivity contribution >= 4 is 16.7 Å². The number of rotatable bonds is 0. The molecule has 1 N–H and O–H groups in total. The highest BCUT2D eigenvalue weighted by Crippen LogP contribution is 2.29. The number of nitrogens with one attached hydrogen (secondary N) is 1. The van der Waals surface area contributed by atoms with E-state index in [1.165, 1.54) is 0 Å². The van der Waals surface area contributed by atoms with Gasteiger partial charge < -0.3 is 4.98 Å². The highest BCUT2D eigenvalue weighted by Gasteiger charge is 2.15. The SMILES string of the molecule is [C-]#[N+]c1c[nH]c2ncc(C(C)(C)C)cc12. The minimum atomic E-state index is 0.0672. The number of nitrogens with zero attached hydrogens (tertiary/aromatic N) is 2. The molecular weight excluding hydrogens is 186 g/mol. The van der Waals surface area contributed by atoms with Crippen molar-refractivity contribution in [3.05, 3.63) is 35.4 Å². The van der Waals surface area contributed by atoms with Crippen molar-refractivity contribution in [1.29, 1.82) is 0 Å². The van der Waals surface area contributed by atoms with E-state index in [4.69, 9.17) is 6.57 Å². The Hall–Kier alpha value is -1.82. The molecule has 0 fully saturated rings. The van der Waals surface area contributed by atoms with Crippen LogP contribution in [-0.4, -0.2) is 9.97 Å². The number of hydrogen-bond donors (Lipinski definition) is 1. The topological polar surface area (TPSA) is 33.0 Å². The first kappa shape index (κ1) is 9.72. The maximum absolute atomic E-state index is 7.05. The van der Waals surface area contributed by atoms with Gasteiger partial charge in [0.2, 0.25) is 5.69 Å². The minimum Gasteiger partial charge on any atom is -0.357 e. The van der Waals surface area contributed by atoms with Crippen molar-refractivity contribution in [1.82, 2.24) is 9.97 Å². The molecule has 0 aliphatic heterocycles. The Labute approximate surface area is 89.0 Å². The van der Waals surface area contributed by atoms with E-state index < -0.39 is 0 Å². The standard InChI is InChI=1S/C12H13N3/c1-12(2,3)8-5-9-10(13-4)7-15-11(9)14-6-8/h5-7H,1-3H3,(H,14,15). The first-order chi connectivity index (χ1) is 7.02. The van der Waals surface area contributed by atoms with E-state index in [-0.39, 0.29) is 5.41 Å². The van der Waals surface area contributed by atoms with Gasteiger partial charge in [0.15, 0.2) is 0 Å². The molecule has 76 valence electrons. The second-order valence-electron chi connectivity index (χ2n) is 4.66. The van der Waals surface area contributed by atoms with Crippen molar-refractivity contribution in [2.24, 2.45) is 0 Å². The zero-order valence-corrected chi connectivity index (χ0v) is 9.13. The predicted molar refractivity (Wildman–Crippen MR) is 61.1 cm³/mol. The van der Waals surface area contributed by atoms with Crippen LogP contribution in [0.25, 0.3) is 15.9 Å².